The summed E-state index contributed by atoms with van der Waals surface area (Å²) < 4.78 is 10.3. The summed E-state index contributed by atoms with van der Waals surface area (Å²) in [6.45, 7) is 3.73. The van der Waals surface area contributed by atoms with E-state index in [1.807, 2.05) is 6.92 Å². The van der Waals surface area contributed by atoms with Crippen LogP contribution < -0.4 is 14.8 Å². The summed E-state index contributed by atoms with van der Waals surface area (Å²) in [4.78, 5) is 22.0. The van der Waals surface area contributed by atoms with Crippen LogP contribution in [0, 0.1) is 0 Å². The number of carbonyl (C=O) groups excluding carboxylic acids is 1. The maximum Gasteiger partial charge on any atom is 0.325 e. The van der Waals surface area contributed by atoms with Crippen molar-refractivity contribution in [2.75, 3.05) is 13.2 Å². The zero-order valence-electron chi connectivity index (χ0n) is 10.9. The lowest BCUT2D eigenvalue weighted by atomic mass is 10.3. The minimum absolute atomic E-state index is 0.166. The first kappa shape index (κ1) is 15.0. The molecule has 0 radical (unpaired) electrons. The number of esters is 1. The van der Waals surface area contributed by atoms with Crippen LogP contribution >= 0.6 is 0 Å². The number of rotatable bonds is 7. The fourth-order valence-electron chi connectivity index (χ4n) is 1.26. The van der Waals surface area contributed by atoms with Crippen molar-refractivity contribution in [1.82, 2.24) is 5.32 Å². The van der Waals surface area contributed by atoms with Crippen molar-refractivity contribution >= 4 is 11.9 Å². The molecule has 1 aromatic rings. The number of hydrogen-bond acceptors (Lipinski definition) is 5. The molecule has 0 fully saturated rings. The van der Waals surface area contributed by atoms with Crippen molar-refractivity contribution in [2.45, 2.75) is 19.9 Å². The second-order valence-electron chi connectivity index (χ2n) is 3.82. The van der Waals surface area contributed by atoms with Crippen LogP contribution in [0.4, 0.5) is 0 Å². The summed E-state index contributed by atoms with van der Waals surface area (Å²) in [5.41, 5.74) is 0. The van der Waals surface area contributed by atoms with Gasteiger partial charge in [0.1, 0.15) is 17.5 Å². The Morgan fingerprint density at radius 2 is 1.84 bits per heavy atom. The third kappa shape index (κ3) is 5.39. The van der Waals surface area contributed by atoms with Crippen molar-refractivity contribution in [3.63, 3.8) is 0 Å². The van der Waals surface area contributed by atoms with E-state index in [1.54, 1.807) is 24.3 Å². The quantitative estimate of drug-likeness (QED) is 0.567. The Bertz CT molecular complexity index is 429. The zero-order valence-corrected chi connectivity index (χ0v) is 10.9. The molecule has 0 saturated carbocycles. The average molecular weight is 267 g/mol. The molecule has 19 heavy (non-hydrogen) atoms. The summed E-state index contributed by atoms with van der Waals surface area (Å²) in [6.07, 6.45) is 0. The van der Waals surface area contributed by atoms with Gasteiger partial charge in [0.25, 0.3) is 0 Å². The fraction of sp³-hybridized carbons (Fsp3) is 0.385. The molecule has 0 bridgehead atoms. The molecule has 0 amide bonds. The van der Waals surface area contributed by atoms with Crippen molar-refractivity contribution < 1.29 is 24.2 Å². The molecule has 0 heterocycles. The van der Waals surface area contributed by atoms with Gasteiger partial charge in [-0.1, -0.05) is 0 Å². The molecule has 0 aliphatic heterocycles. The van der Waals surface area contributed by atoms with Crippen molar-refractivity contribution in [2.24, 2.45) is 0 Å². The largest absolute Gasteiger partial charge is 0.494 e. The van der Waals surface area contributed by atoms with Gasteiger partial charge >= 0.3 is 11.9 Å². The van der Waals surface area contributed by atoms with Crippen molar-refractivity contribution in [3.05, 3.63) is 24.3 Å². The van der Waals surface area contributed by atoms with E-state index in [9.17, 15) is 9.59 Å². The number of hydrogen-bond donors (Lipinski definition) is 2. The lowest BCUT2D eigenvalue weighted by molar-refractivity contribution is -0.139. The van der Waals surface area contributed by atoms with E-state index in [2.05, 4.69) is 5.32 Å². The molecule has 0 aliphatic carbocycles. The highest BCUT2D eigenvalue weighted by Gasteiger charge is 2.12. The van der Waals surface area contributed by atoms with Gasteiger partial charge in [-0.2, -0.15) is 0 Å². The lowest BCUT2D eigenvalue weighted by Crippen LogP contribution is -2.38. The van der Waals surface area contributed by atoms with Gasteiger partial charge in [-0.05, 0) is 38.1 Å². The molecular weight excluding hydrogens is 250 g/mol. The maximum atomic E-state index is 11.4. The van der Waals surface area contributed by atoms with Crippen molar-refractivity contribution in [1.29, 1.82) is 0 Å². The van der Waals surface area contributed by atoms with Crippen LogP contribution in [-0.4, -0.2) is 36.2 Å². The Morgan fingerprint density at radius 1 is 1.26 bits per heavy atom. The Balaban J connectivity index is 2.41. The van der Waals surface area contributed by atoms with Crippen LogP contribution in [0.1, 0.15) is 13.8 Å². The third-order valence-corrected chi connectivity index (χ3v) is 2.29. The van der Waals surface area contributed by atoms with Crippen molar-refractivity contribution in [3.8, 4) is 11.5 Å². The summed E-state index contributed by atoms with van der Waals surface area (Å²) in [5.74, 6) is -0.482. The van der Waals surface area contributed by atoms with Crippen LogP contribution in [-0.2, 0) is 9.59 Å². The maximum absolute atomic E-state index is 11.4. The first-order valence-corrected chi connectivity index (χ1v) is 5.92. The summed E-state index contributed by atoms with van der Waals surface area (Å²) in [7, 11) is 0. The average Bonchev–Trinajstić information content (AvgIpc) is 2.38. The van der Waals surface area contributed by atoms with Gasteiger partial charge < -0.3 is 14.6 Å². The lowest BCUT2D eigenvalue weighted by Gasteiger charge is -2.09. The highest BCUT2D eigenvalue weighted by atomic mass is 16.5. The number of benzene rings is 1. The summed E-state index contributed by atoms with van der Waals surface area (Å²) in [6, 6.07) is 5.82. The van der Waals surface area contributed by atoms with Gasteiger partial charge in [-0.25, -0.2) is 0 Å². The second kappa shape index (κ2) is 7.38. The van der Waals surface area contributed by atoms with E-state index >= 15 is 0 Å². The molecule has 0 saturated heterocycles. The second-order valence-corrected chi connectivity index (χ2v) is 3.82. The molecule has 6 heteroatoms. The van der Waals surface area contributed by atoms with E-state index in [4.69, 9.17) is 14.6 Å². The minimum atomic E-state index is -1.02. The number of carboxylic acids is 1. The number of carboxylic acid groups (broad SMARTS) is 1. The molecule has 1 rings (SSSR count). The van der Waals surface area contributed by atoms with E-state index in [0.717, 1.165) is 0 Å². The molecule has 0 aliphatic rings. The van der Waals surface area contributed by atoms with Crippen LogP contribution in [0.3, 0.4) is 0 Å². The molecule has 0 spiro atoms. The minimum Gasteiger partial charge on any atom is -0.494 e. The standard InChI is InChI=1S/C13H17NO5/c1-3-18-10-4-6-11(7-5-10)19-12(15)8-14-9(2)13(16)17/h4-7,9,14H,3,8H2,1-2H3,(H,16,17). The first-order valence-electron chi connectivity index (χ1n) is 5.92. The number of carbonyl (C=O) groups is 2. The Labute approximate surface area is 111 Å². The van der Waals surface area contributed by atoms with Crippen LogP contribution in [0.2, 0.25) is 0 Å². The highest BCUT2D eigenvalue weighted by molar-refractivity contribution is 5.77. The van der Waals surface area contributed by atoms with Crippen LogP contribution in [0.25, 0.3) is 0 Å². The number of ether oxygens (including phenoxy) is 2. The van der Waals surface area contributed by atoms with E-state index in [0.29, 0.717) is 18.1 Å². The molecule has 2 N–H and O–H groups in total. The summed E-state index contributed by atoms with van der Waals surface area (Å²) >= 11 is 0. The van der Waals surface area contributed by atoms with Crippen LogP contribution in [0.5, 0.6) is 11.5 Å². The molecule has 1 aromatic carbocycles. The monoisotopic (exact) mass is 267 g/mol. The topological polar surface area (TPSA) is 84.9 Å². The summed E-state index contributed by atoms with van der Waals surface area (Å²) in [5, 5.41) is 11.2. The number of nitrogens with one attached hydrogen (secondary N) is 1. The first-order chi connectivity index (χ1) is 9.02. The van der Waals surface area contributed by atoms with E-state index in [-0.39, 0.29) is 6.54 Å². The van der Waals surface area contributed by atoms with E-state index < -0.39 is 18.0 Å². The Morgan fingerprint density at radius 3 is 2.37 bits per heavy atom. The van der Waals surface area contributed by atoms with Gasteiger partial charge in [-0.3, -0.25) is 14.9 Å². The van der Waals surface area contributed by atoms with Crippen LogP contribution in [0.15, 0.2) is 24.3 Å². The molecule has 6 nitrogen and oxygen atoms in total. The third-order valence-electron chi connectivity index (χ3n) is 2.29. The van der Waals surface area contributed by atoms with Gasteiger partial charge in [0.05, 0.1) is 13.2 Å². The molecule has 1 unspecified atom stereocenters. The van der Waals surface area contributed by atoms with E-state index in [1.165, 1.54) is 6.92 Å². The van der Waals surface area contributed by atoms with Gasteiger partial charge in [-0.15, -0.1) is 0 Å². The molecular formula is C13H17NO5. The Kier molecular flexibility index (Phi) is 5.81. The zero-order chi connectivity index (χ0) is 14.3. The highest BCUT2D eigenvalue weighted by Crippen LogP contribution is 2.17. The fourth-order valence-corrected chi connectivity index (χ4v) is 1.26. The normalized spacial score (nSPS) is 11.7. The predicted molar refractivity (Wildman–Crippen MR) is 68.3 cm³/mol. The SMILES string of the molecule is CCOc1ccc(OC(=O)CNC(C)C(=O)O)cc1. The molecule has 104 valence electrons. The van der Waals surface area contributed by atoms with Gasteiger partial charge in [0.15, 0.2) is 0 Å². The smallest absolute Gasteiger partial charge is 0.325 e. The van der Waals surface area contributed by atoms with Gasteiger partial charge in [0.2, 0.25) is 0 Å². The van der Waals surface area contributed by atoms with Gasteiger partial charge in [0, 0.05) is 0 Å². The molecule has 1 atom stereocenters. The Hall–Kier alpha value is -2.08. The molecule has 0 aromatic heterocycles. The number of aliphatic carboxylic acids is 1. The predicted octanol–water partition coefficient (Wildman–Crippen LogP) is 1.05.